The SMILES string of the molecule is Cl.Cl.OC(CSc1ccccc1)CN1CCN(C(c2ccc(F)cc2)c2ccc(F)cc2)CC1. The predicted octanol–water partition coefficient (Wildman–Crippen LogP) is 5.67. The third-order valence-electron chi connectivity index (χ3n) is 5.80. The molecule has 3 aromatic rings. The minimum Gasteiger partial charge on any atom is -0.391 e. The smallest absolute Gasteiger partial charge is 0.123 e. The monoisotopic (exact) mass is 526 g/mol. The summed E-state index contributed by atoms with van der Waals surface area (Å²) in [6.45, 7) is 3.96. The van der Waals surface area contributed by atoms with Gasteiger partial charge in [0.2, 0.25) is 0 Å². The molecule has 0 aliphatic carbocycles. The van der Waals surface area contributed by atoms with Gasteiger partial charge in [-0.15, -0.1) is 36.6 Å². The molecule has 0 aromatic heterocycles. The van der Waals surface area contributed by atoms with Crippen molar-refractivity contribution in [3.63, 3.8) is 0 Å². The first-order valence-corrected chi connectivity index (χ1v) is 11.9. The number of halogens is 4. The molecule has 1 unspecified atom stereocenters. The fraction of sp³-hybridized carbons (Fsp3) is 0.308. The maximum absolute atomic E-state index is 13.5. The van der Waals surface area contributed by atoms with Gasteiger partial charge in [-0.2, -0.15) is 0 Å². The van der Waals surface area contributed by atoms with Crippen molar-refractivity contribution >= 4 is 36.6 Å². The van der Waals surface area contributed by atoms with E-state index in [0.29, 0.717) is 12.3 Å². The maximum Gasteiger partial charge on any atom is 0.123 e. The highest BCUT2D eigenvalue weighted by Gasteiger charge is 2.27. The van der Waals surface area contributed by atoms with E-state index in [4.69, 9.17) is 0 Å². The molecule has 1 atom stereocenters. The molecule has 0 amide bonds. The lowest BCUT2D eigenvalue weighted by molar-refractivity contribution is 0.0708. The van der Waals surface area contributed by atoms with Gasteiger partial charge in [0.25, 0.3) is 0 Å². The summed E-state index contributed by atoms with van der Waals surface area (Å²) >= 11 is 1.67. The number of aliphatic hydroxyl groups is 1. The third-order valence-corrected chi connectivity index (χ3v) is 6.95. The Morgan fingerprint density at radius 2 is 1.24 bits per heavy atom. The summed E-state index contributed by atoms with van der Waals surface area (Å²) in [5.41, 5.74) is 1.98. The molecular formula is C26H30Cl2F2N2OS. The van der Waals surface area contributed by atoms with E-state index in [-0.39, 0.29) is 42.5 Å². The zero-order chi connectivity index (χ0) is 22.3. The summed E-state index contributed by atoms with van der Waals surface area (Å²) in [7, 11) is 0. The first-order chi connectivity index (χ1) is 15.6. The van der Waals surface area contributed by atoms with Crippen molar-refractivity contribution < 1.29 is 13.9 Å². The maximum atomic E-state index is 13.5. The van der Waals surface area contributed by atoms with Gasteiger partial charge in [0.15, 0.2) is 0 Å². The van der Waals surface area contributed by atoms with Crippen molar-refractivity contribution in [3.8, 4) is 0 Å². The molecule has 1 heterocycles. The van der Waals surface area contributed by atoms with Gasteiger partial charge in [-0.1, -0.05) is 42.5 Å². The predicted molar refractivity (Wildman–Crippen MR) is 140 cm³/mol. The van der Waals surface area contributed by atoms with Crippen molar-refractivity contribution in [2.45, 2.75) is 17.0 Å². The summed E-state index contributed by atoms with van der Waals surface area (Å²) < 4.78 is 27.0. The second kappa shape index (κ2) is 14.0. The number of piperazine rings is 1. The first-order valence-electron chi connectivity index (χ1n) is 10.9. The highest BCUT2D eigenvalue weighted by atomic mass is 35.5. The summed E-state index contributed by atoms with van der Waals surface area (Å²) in [6.07, 6.45) is -0.392. The normalized spacial score (nSPS) is 15.4. The zero-order valence-electron chi connectivity index (χ0n) is 18.7. The van der Waals surface area contributed by atoms with Crippen molar-refractivity contribution in [2.24, 2.45) is 0 Å². The van der Waals surface area contributed by atoms with Crippen LogP contribution in [0.3, 0.4) is 0 Å². The molecule has 34 heavy (non-hydrogen) atoms. The largest absolute Gasteiger partial charge is 0.391 e. The first kappa shape index (κ1) is 28.6. The third kappa shape index (κ3) is 7.94. The Balaban J connectivity index is 0.00000204. The number of aliphatic hydroxyl groups excluding tert-OH is 1. The molecule has 1 saturated heterocycles. The fourth-order valence-corrected chi connectivity index (χ4v) is 5.01. The lowest BCUT2D eigenvalue weighted by Crippen LogP contribution is -2.50. The van der Waals surface area contributed by atoms with E-state index in [1.807, 2.05) is 18.2 Å². The number of rotatable bonds is 8. The number of β-amino-alcohol motifs (C(OH)–C–C–N with tert-alkyl or cyclic N) is 1. The summed E-state index contributed by atoms with van der Waals surface area (Å²) in [5.74, 6) is 0.135. The molecule has 184 valence electrons. The Labute approximate surface area is 217 Å². The lowest BCUT2D eigenvalue weighted by atomic mass is 9.96. The van der Waals surface area contributed by atoms with Gasteiger partial charge in [0, 0.05) is 43.4 Å². The summed E-state index contributed by atoms with van der Waals surface area (Å²) in [4.78, 5) is 5.80. The van der Waals surface area contributed by atoms with Crippen molar-refractivity contribution in [1.29, 1.82) is 0 Å². The van der Waals surface area contributed by atoms with Crippen LogP contribution in [0.1, 0.15) is 17.2 Å². The van der Waals surface area contributed by atoms with Gasteiger partial charge in [-0.25, -0.2) is 8.78 Å². The van der Waals surface area contributed by atoms with Crippen LogP contribution in [0.5, 0.6) is 0 Å². The molecular weight excluding hydrogens is 497 g/mol. The van der Waals surface area contributed by atoms with Gasteiger partial charge in [0.1, 0.15) is 11.6 Å². The van der Waals surface area contributed by atoms with Crippen LogP contribution in [0, 0.1) is 11.6 Å². The number of nitrogens with zero attached hydrogens (tertiary/aromatic N) is 2. The van der Waals surface area contributed by atoms with Crippen LogP contribution in [0.15, 0.2) is 83.8 Å². The van der Waals surface area contributed by atoms with Crippen LogP contribution in [-0.2, 0) is 0 Å². The van der Waals surface area contributed by atoms with Crippen molar-refractivity contribution in [3.05, 3.63) is 102 Å². The average Bonchev–Trinajstić information content (AvgIpc) is 2.82. The van der Waals surface area contributed by atoms with E-state index in [1.165, 1.54) is 24.3 Å². The standard InChI is InChI=1S/C26H28F2N2OS.2ClH/c27-22-10-6-20(7-11-22)26(21-8-12-23(28)13-9-21)30-16-14-29(15-17-30)18-24(31)19-32-25-4-2-1-3-5-25;;/h1-13,24,26,31H,14-19H2;2*1H. The minimum absolute atomic E-state index is 0. The van der Waals surface area contributed by atoms with Crippen LogP contribution in [0.2, 0.25) is 0 Å². The van der Waals surface area contributed by atoms with Crippen LogP contribution in [0.4, 0.5) is 8.78 Å². The van der Waals surface area contributed by atoms with E-state index in [1.54, 1.807) is 36.0 Å². The molecule has 3 nitrogen and oxygen atoms in total. The topological polar surface area (TPSA) is 26.7 Å². The van der Waals surface area contributed by atoms with E-state index in [2.05, 4.69) is 21.9 Å². The highest BCUT2D eigenvalue weighted by Crippen LogP contribution is 2.30. The lowest BCUT2D eigenvalue weighted by Gasteiger charge is -2.40. The molecule has 4 rings (SSSR count). The van der Waals surface area contributed by atoms with E-state index >= 15 is 0 Å². The van der Waals surface area contributed by atoms with Crippen LogP contribution in [0.25, 0.3) is 0 Å². The van der Waals surface area contributed by atoms with Crippen molar-refractivity contribution in [1.82, 2.24) is 9.80 Å². The Morgan fingerprint density at radius 1 is 0.735 bits per heavy atom. The summed E-state index contributed by atoms with van der Waals surface area (Å²) in [6, 6.07) is 23.2. The Kier molecular flexibility index (Phi) is 11.8. The average molecular weight is 528 g/mol. The molecule has 0 spiro atoms. The Hall–Kier alpha value is -1.67. The van der Waals surface area contributed by atoms with Gasteiger partial charge >= 0.3 is 0 Å². The molecule has 1 fully saturated rings. The van der Waals surface area contributed by atoms with Crippen molar-refractivity contribution in [2.75, 3.05) is 38.5 Å². The number of hydrogen-bond donors (Lipinski definition) is 1. The molecule has 1 aliphatic heterocycles. The van der Waals surface area contributed by atoms with Gasteiger partial charge < -0.3 is 5.11 Å². The summed E-state index contributed by atoms with van der Waals surface area (Å²) in [5, 5.41) is 10.5. The van der Waals surface area contributed by atoms with Crippen LogP contribution in [-0.4, -0.2) is 59.5 Å². The highest BCUT2D eigenvalue weighted by molar-refractivity contribution is 7.99. The second-order valence-corrected chi connectivity index (χ2v) is 9.21. The van der Waals surface area contributed by atoms with Crippen LogP contribution < -0.4 is 0 Å². The minimum atomic E-state index is -0.392. The fourth-order valence-electron chi connectivity index (χ4n) is 4.17. The molecule has 0 saturated carbocycles. The molecule has 1 aliphatic rings. The second-order valence-electron chi connectivity index (χ2n) is 8.12. The number of benzene rings is 3. The molecule has 1 N–H and O–H groups in total. The Bertz CT molecular complexity index is 927. The Morgan fingerprint density at radius 3 is 1.74 bits per heavy atom. The quantitative estimate of drug-likeness (QED) is 0.382. The molecule has 0 radical (unpaired) electrons. The van der Waals surface area contributed by atoms with E-state index in [9.17, 15) is 13.9 Å². The van der Waals surface area contributed by atoms with Gasteiger partial charge in [-0.05, 0) is 47.5 Å². The van der Waals surface area contributed by atoms with E-state index < -0.39 is 6.10 Å². The number of hydrogen-bond acceptors (Lipinski definition) is 4. The van der Waals surface area contributed by atoms with Crippen LogP contribution >= 0.6 is 36.6 Å². The zero-order valence-corrected chi connectivity index (χ0v) is 21.2. The van der Waals surface area contributed by atoms with Gasteiger partial charge in [0.05, 0.1) is 12.1 Å². The molecule has 3 aromatic carbocycles. The molecule has 0 bridgehead atoms. The van der Waals surface area contributed by atoms with E-state index in [0.717, 1.165) is 42.2 Å². The molecule has 8 heteroatoms. The number of thioether (sulfide) groups is 1. The van der Waals surface area contributed by atoms with Gasteiger partial charge in [-0.3, -0.25) is 9.80 Å².